The highest BCUT2D eigenvalue weighted by atomic mass is 16.1. The van der Waals surface area contributed by atoms with E-state index in [1.807, 2.05) is 67.2 Å². The van der Waals surface area contributed by atoms with Crippen molar-refractivity contribution in [2.75, 3.05) is 0 Å². The molecule has 1 aromatic carbocycles. The molecule has 0 aliphatic carbocycles. The molecule has 0 aliphatic rings. The molecular weight excluding hydrogens is 212 g/mol. The lowest BCUT2D eigenvalue weighted by Gasteiger charge is -2.09. The number of rotatable bonds is 3. The van der Waals surface area contributed by atoms with E-state index in [0.717, 1.165) is 5.69 Å². The summed E-state index contributed by atoms with van der Waals surface area (Å²) in [6.07, 6.45) is 3.92. The Morgan fingerprint density at radius 2 is 1.88 bits per heavy atom. The molecule has 0 aliphatic heterocycles. The van der Waals surface area contributed by atoms with Gasteiger partial charge in [-0.1, -0.05) is 6.07 Å². The number of amides is 1. The minimum atomic E-state index is -0.0333. The van der Waals surface area contributed by atoms with Crippen molar-refractivity contribution in [3.05, 3.63) is 54.4 Å². The molecule has 2 rings (SSSR count). The fourth-order valence-corrected chi connectivity index (χ4v) is 1.66. The Hall–Kier alpha value is -2.03. The van der Waals surface area contributed by atoms with E-state index in [0.29, 0.717) is 5.56 Å². The van der Waals surface area contributed by atoms with Gasteiger partial charge in [0.2, 0.25) is 0 Å². The molecule has 1 aromatic heterocycles. The second kappa shape index (κ2) is 4.87. The number of benzene rings is 1. The maximum Gasteiger partial charge on any atom is 0.251 e. The zero-order valence-electron chi connectivity index (χ0n) is 10.1. The zero-order chi connectivity index (χ0) is 12.3. The molecule has 17 heavy (non-hydrogen) atoms. The van der Waals surface area contributed by atoms with Crippen LogP contribution < -0.4 is 5.32 Å². The van der Waals surface area contributed by atoms with Crippen molar-refractivity contribution in [1.82, 2.24) is 9.88 Å². The van der Waals surface area contributed by atoms with E-state index in [1.54, 1.807) is 0 Å². The van der Waals surface area contributed by atoms with E-state index >= 15 is 0 Å². The van der Waals surface area contributed by atoms with Crippen molar-refractivity contribution in [2.24, 2.45) is 0 Å². The standard InChI is InChI=1S/C14H16N2O/c1-11(2)15-14(17)12-6-5-7-13(10-12)16-8-3-4-9-16/h3-11H,1-2H3,(H,15,17). The Balaban J connectivity index is 2.26. The van der Waals surface area contributed by atoms with Crippen LogP contribution in [-0.2, 0) is 0 Å². The Kier molecular flexibility index (Phi) is 3.28. The highest BCUT2D eigenvalue weighted by Gasteiger charge is 2.07. The molecule has 2 aromatic rings. The molecule has 1 heterocycles. The minimum absolute atomic E-state index is 0.0333. The van der Waals surface area contributed by atoms with Gasteiger partial charge >= 0.3 is 0 Å². The first kappa shape index (κ1) is 11.5. The van der Waals surface area contributed by atoms with Gasteiger partial charge in [-0.3, -0.25) is 4.79 Å². The lowest BCUT2D eigenvalue weighted by molar-refractivity contribution is 0.0943. The molecule has 0 radical (unpaired) electrons. The molecular formula is C14H16N2O. The average Bonchev–Trinajstić information content (AvgIpc) is 2.82. The average molecular weight is 228 g/mol. The van der Waals surface area contributed by atoms with Gasteiger partial charge in [-0.15, -0.1) is 0 Å². The summed E-state index contributed by atoms with van der Waals surface area (Å²) in [7, 11) is 0. The van der Waals surface area contributed by atoms with Gasteiger partial charge in [-0.05, 0) is 44.2 Å². The Morgan fingerprint density at radius 3 is 2.53 bits per heavy atom. The molecule has 3 nitrogen and oxygen atoms in total. The van der Waals surface area contributed by atoms with E-state index in [1.165, 1.54) is 0 Å². The molecule has 0 bridgehead atoms. The molecule has 88 valence electrons. The molecule has 3 heteroatoms. The molecule has 0 atom stereocenters. The number of aromatic nitrogens is 1. The van der Waals surface area contributed by atoms with Crippen molar-refractivity contribution in [1.29, 1.82) is 0 Å². The van der Waals surface area contributed by atoms with Crippen LogP contribution in [0.2, 0.25) is 0 Å². The number of nitrogens with one attached hydrogen (secondary N) is 1. The summed E-state index contributed by atoms with van der Waals surface area (Å²) < 4.78 is 1.98. The first-order valence-electron chi connectivity index (χ1n) is 5.71. The van der Waals surface area contributed by atoms with Gasteiger partial charge in [0.15, 0.2) is 0 Å². The van der Waals surface area contributed by atoms with E-state index < -0.39 is 0 Å². The number of carbonyl (C=O) groups excluding carboxylic acids is 1. The number of hydrogen-bond acceptors (Lipinski definition) is 1. The van der Waals surface area contributed by atoms with Gasteiger partial charge in [-0.25, -0.2) is 0 Å². The maximum atomic E-state index is 11.9. The van der Waals surface area contributed by atoms with E-state index in [2.05, 4.69) is 5.32 Å². The Labute approximate surface area is 101 Å². The fourth-order valence-electron chi connectivity index (χ4n) is 1.66. The predicted molar refractivity (Wildman–Crippen MR) is 68.4 cm³/mol. The number of hydrogen-bond donors (Lipinski definition) is 1. The molecule has 0 saturated heterocycles. The second-order valence-electron chi connectivity index (χ2n) is 4.27. The predicted octanol–water partition coefficient (Wildman–Crippen LogP) is 2.62. The van der Waals surface area contributed by atoms with Crippen LogP contribution in [0, 0.1) is 0 Å². The van der Waals surface area contributed by atoms with Gasteiger partial charge in [0.05, 0.1) is 0 Å². The summed E-state index contributed by atoms with van der Waals surface area (Å²) in [6, 6.07) is 11.7. The van der Waals surface area contributed by atoms with Gasteiger partial charge in [0.25, 0.3) is 5.91 Å². The van der Waals surface area contributed by atoms with Crippen LogP contribution in [0.15, 0.2) is 48.8 Å². The first-order valence-corrected chi connectivity index (χ1v) is 5.71. The lowest BCUT2D eigenvalue weighted by Crippen LogP contribution is -2.30. The third kappa shape index (κ3) is 2.75. The van der Waals surface area contributed by atoms with Crippen LogP contribution in [0.25, 0.3) is 5.69 Å². The van der Waals surface area contributed by atoms with E-state index in [-0.39, 0.29) is 11.9 Å². The molecule has 0 spiro atoms. The fraction of sp³-hybridized carbons (Fsp3) is 0.214. The Bertz CT molecular complexity index is 501. The van der Waals surface area contributed by atoms with E-state index in [4.69, 9.17) is 0 Å². The molecule has 0 fully saturated rings. The quantitative estimate of drug-likeness (QED) is 0.860. The zero-order valence-corrected chi connectivity index (χ0v) is 10.1. The van der Waals surface area contributed by atoms with Crippen LogP contribution in [0.5, 0.6) is 0 Å². The summed E-state index contributed by atoms with van der Waals surface area (Å²) >= 11 is 0. The van der Waals surface area contributed by atoms with Crippen LogP contribution in [0.4, 0.5) is 0 Å². The third-order valence-corrected chi connectivity index (χ3v) is 2.43. The SMILES string of the molecule is CC(C)NC(=O)c1cccc(-n2cccc2)c1. The molecule has 0 unspecified atom stereocenters. The summed E-state index contributed by atoms with van der Waals surface area (Å²) in [4.78, 5) is 11.9. The number of carbonyl (C=O) groups is 1. The first-order chi connectivity index (χ1) is 8.16. The Morgan fingerprint density at radius 1 is 1.18 bits per heavy atom. The summed E-state index contributed by atoms with van der Waals surface area (Å²) in [5, 5.41) is 2.88. The van der Waals surface area contributed by atoms with Crippen LogP contribution in [0.1, 0.15) is 24.2 Å². The van der Waals surface area contributed by atoms with Gasteiger partial charge in [-0.2, -0.15) is 0 Å². The normalized spacial score (nSPS) is 10.5. The molecule has 1 N–H and O–H groups in total. The maximum absolute atomic E-state index is 11.9. The smallest absolute Gasteiger partial charge is 0.251 e. The topological polar surface area (TPSA) is 34.0 Å². The van der Waals surface area contributed by atoms with Crippen molar-refractivity contribution in [3.8, 4) is 5.69 Å². The van der Waals surface area contributed by atoms with Crippen LogP contribution in [-0.4, -0.2) is 16.5 Å². The minimum Gasteiger partial charge on any atom is -0.350 e. The van der Waals surface area contributed by atoms with Crippen molar-refractivity contribution < 1.29 is 4.79 Å². The van der Waals surface area contributed by atoms with Gasteiger partial charge < -0.3 is 9.88 Å². The summed E-state index contributed by atoms with van der Waals surface area (Å²) in [6.45, 7) is 3.90. The van der Waals surface area contributed by atoms with Crippen LogP contribution >= 0.6 is 0 Å². The third-order valence-electron chi connectivity index (χ3n) is 2.43. The molecule has 0 saturated carbocycles. The molecule has 1 amide bonds. The summed E-state index contributed by atoms with van der Waals surface area (Å²) in [5.41, 5.74) is 1.68. The second-order valence-corrected chi connectivity index (χ2v) is 4.27. The van der Waals surface area contributed by atoms with Crippen molar-refractivity contribution in [3.63, 3.8) is 0 Å². The highest BCUT2D eigenvalue weighted by molar-refractivity contribution is 5.94. The largest absolute Gasteiger partial charge is 0.350 e. The lowest BCUT2D eigenvalue weighted by atomic mass is 10.2. The van der Waals surface area contributed by atoms with E-state index in [9.17, 15) is 4.79 Å². The van der Waals surface area contributed by atoms with Gasteiger partial charge in [0, 0.05) is 29.7 Å². The van der Waals surface area contributed by atoms with Gasteiger partial charge in [0.1, 0.15) is 0 Å². The highest BCUT2D eigenvalue weighted by Crippen LogP contribution is 2.11. The van der Waals surface area contributed by atoms with Crippen LogP contribution in [0.3, 0.4) is 0 Å². The van der Waals surface area contributed by atoms with Crippen molar-refractivity contribution in [2.45, 2.75) is 19.9 Å². The number of nitrogens with zero attached hydrogens (tertiary/aromatic N) is 1. The summed E-state index contributed by atoms with van der Waals surface area (Å²) in [5.74, 6) is -0.0333. The monoisotopic (exact) mass is 228 g/mol. The van der Waals surface area contributed by atoms with Crippen molar-refractivity contribution >= 4 is 5.91 Å².